The number of rotatable bonds is 6. The first kappa shape index (κ1) is 20.0. The molecule has 0 spiro atoms. The second kappa shape index (κ2) is 8.10. The van der Waals surface area contributed by atoms with Gasteiger partial charge >= 0.3 is 5.97 Å². The molecule has 1 atom stereocenters. The number of Topliss-reactive ketones (excluding diaryl/α,β-unsaturated/α-hetero) is 1. The second-order valence-corrected chi connectivity index (χ2v) is 7.23. The zero-order valence-corrected chi connectivity index (χ0v) is 17.0. The number of aromatic nitrogens is 1. The summed E-state index contributed by atoms with van der Waals surface area (Å²) in [7, 11) is 0. The van der Waals surface area contributed by atoms with Gasteiger partial charge in [0.05, 0.1) is 5.52 Å². The van der Waals surface area contributed by atoms with Gasteiger partial charge in [0.2, 0.25) is 17.5 Å². The lowest BCUT2D eigenvalue weighted by Gasteiger charge is -2.25. The SMILES string of the molecule is CC(=O)OC1=C(NC(=O)CCCBr)OC(C)(c2ccnc3ccccc23)C1=O. The highest BCUT2D eigenvalue weighted by Gasteiger charge is 2.50. The number of nitrogens with zero attached hydrogens (tertiary/aromatic N) is 1. The van der Waals surface area contributed by atoms with E-state index in [4.69, 9.17) is 9.47 Å². The summed E-state index contributed by atoms with van der Waals surface area (Å²) in [5, 5.41) is 3.95. The zero-order valence-electron chi connectivity index (χ0n) is 15.5. The van der Waals surface area contributed by atoms with Crippen molar-refractivity contribution >= 4 is 44.5 Å². The number of ether oxygens (including phenoxy) is 2. The maximum absolute atomic E-state index is 13.2. The number of para-hydroxylation sites is 1. The fourth-order valence-corrected chi connectivity index (χ4v) is 3.32. The number of carbonyl (C=O) groups is 3. The van der Waals surface area contributed by atoms with Crippen LogP contribution in [0.25, 0.3) is 10.9 Å². The number of esters is 1. The molecule has 1 aromatic heterocycles. The zero-order chi connectivity index (χ0) is 20.3. The van der Waals surface area contributed by atoms with Crippen LogP contribution in [0.5, 0.6) is 0 Å². The summed E-state index contributed by atoms with van der Waals surface area (Å²) in [6, 6.07) is 9.01. The molecule has 1 aliphatic heterocycles. The summed E-state index contributed by atoms with van der Waals surface area (Å²) >= 11 is 3.26. The molecule has 28 heavy (non-hydrogen) atoms. The van der Waals surface area contributed by atoms with Gasteiger partial charge in [-0.3, -0.25) is 24.7 Å². The lowest BCUT2D eigenvalue weighted by atomic mass is 9.89. The third-order valence-corrected chi connectivity index (χ3v) is 4.91. The Balaban J connectivity index is 2.01. The third kappa shape index (κ3) is 3.77. The average molecular weight is 447 g/mol. The Morgan fingerprint density at radius 3 is 2.75 bits per heavy atom. The predicted octanol–water partition coefficient (Wildman–Crippen LogP) is 3.07. The van der Waals surface area contributed by atoms with Crippen LogP contribution in [-0.2, 0) is 29.5 Å². The van der Waals surface area contributed by atoms with Crippen molar-refractivity contribution in [3.8, 4) is 0 Å². The Kier molecular flexibility index (Phi) is 5.79. The molecule has 3 rings (SSSR count). The molecule has 1 unspecified atom stereocenters. The lowest BCUT2D eigenvalue weighted by Crippen LogP contribution is -2.33. The molecular formula is C20H19BrN2O5. The van der Waals surface area contributed by atoms with E-state index in [-0.39, 0.29) is 24.0 Å². The molecule has 0 bridgehead atoms. The highest BCUT2D eigenvalue weighted by Crippen LogP contribution is 2.40. The van der Waals surface area contributed by atoms with Crippen LogP contribution in [-0.4, -0.2) is 28.0 Å². The van der Waals surface area contributed by atoms with Gasteiger partial charge in [0, 0.05) is 35.8 Å². The lowest BCUT2D eigenvalue weighted by molar-refractivity contribution is -0.142. The highest BCUT2D eigenvalue weighted by molar-refractivity contribution is 9.09. The number of nitrogens with one attached hydrogen (secondary N) is 1. The van der Waals surface area contributed by atoms with Gasteiger partial charge in [-0.2, -0.15) is 0 Å². The molecule has 0 aliphatic carbocycles. The van der Waals surface area contributed by atoms with Gasteiger partial charge in [0.15, 0.2) is 5.60 Å². The summed E-state index contributed by atoms with van der Waals surface area (Å²) in [6.07, 6.45) is 2.43. The number of ketones is 1. The van der Waals surface area contributed by atoms with Crippen LogP contribution in [0.4, 0.5) is 0 Å². The molecular weight excluding hydrogens is 428 g/mol. The number of halogens is 1. The molecule has 2 heterocycles. The van der Waals surface area contributed by atoms with Crippen LogP contribution in [0, 0.1) is 0 Å². The number of carbonyl (C=O) groups excluding carboxylic acids is 3. The minimum absolute atomic E-state index is 0.150. The summed E-state index contributed by atoms with van der Waals surface area (Å²) in [5.41, 5.74) is -0.204. The topological polar surface area (TPSA) is 94.6 Å². The summed E-state index contributed by atoms with van der Waals surface area (Å²) in [6.45, 7) is 2.76. The summed E-state index contributed by atoms with van der Waals surface area (Å²) in [4.78, 5) is 41.1. The first-order valence-corrected chi connectivity index (χ1v) is 9.85. The van der Waals surface area contributed by atoms with E-state index in [9.17, 15) is 14.4 Å². The number of benzene rings is 1. The van der Waals surface area contributed by atoms with E-state index in [0.717, 1.165) is 5.39 Å². The summed E-state index contributed by atoms with van der Waals surface area (Å²) in [5.74, 6) is -2.01. The number of fused-ring (bicyclic) bond motifs is 1. The standard InChI is InChI=1S/C20H19BrN2O5/c1-12(24)27-17-18(26)20(2,28-19(17)23-16(25)8-5-10-21)14-9-11-22-15-7-4-3-6-13(14)15/h3-4,6-7,9,11H,5,8,10H2,1-2H3,(H,23,25). The van der Waals surface area contributed by atoms with E-state index in [1.54, 1.807) is 19.2 Å². The fraction of sp³-hybridized carbons (Fsp3) is 0.300. The smallest absolute Gasteiger partial charge is 0.308 e. The van der Waals surface area contributed by atoms with E-state index in [0.29, 0.717) is 22.8 Å². The van der Waals surface area contributed by atoms with Gasteiger partial charge in [-0.05, 0) is 25.5 Å². The quantitative estimate of drug-likeness (QED) is 0.541. The average Bonchev–Trinajstić information content (AvgIpc) is 2.90. The van der Waals surface area contributed by atoms with Crippen LogP contribution in [0.3, 0.4) is 0 Å². The second-order valence-electron chi connectivity index (χ2n) is 6.43. The number of hydrogen-bond acceptors (Lipinski definition) is 6. The van der Waals surface area contributed by atoms with Gasteiger partial charge < -0.3 is 9.47 Å². The van der Waals surface area contributed by atoms with E-state index < -0.39 is 17.4 Å². The first-order chi connectivity index (χ1) is 13.4. The van der Waals surface area contributed by atoms with Gasteiger partial charge in [0.25, 0.3) is 5.78 Å². The van der Waals surface area contributed by atoms with Crippen molar-refractivity contribution in [2.75, 3.05) is 5.33 Å². The molecule has 1 amide bonds. The highest BCUT2D eigenvalue weighted by atomic mass is 79.9. The van der Waals surface area contributed by atoms with Gasteiger partial charge in [-0.15, -0.1) is 0 Å². The number of pyridine rings is 1. The maximum atomic E-state index is 13.2. The monoisotopic (exact) mass is 446 g/mol. The largest absolute Gasteiger partial charge is 0.456 e. The third-order valence-electron chi connectivity index (χ3n) is 4.35. The van der Waals surface area contributed by atoms with E-state index in [2.05, 4.69) is 26.2 Å². The molecule has 2 aromatic rings. The van der Waals surface area contributed by atoms with Crippen molar-refractivity contribution in [3.63, 3.8) is 0 Å². The molecule has 7 nitrogen and oxygen atoms in total. The first-order valence-electron chi connectivity index (χ1n) is 8.73. The normalized spacial score (nSPS) is 18.9. The molecule has 1 aliphatic rings. The molecule has 1 aromatic carbocycles. The Hall–Kier alpha value is -2.74. The van der Waals surface area contributed by atoms with Crippen LogP contribution in [0.15, 0.2) is 48.2 Å². The Morgan fingerprint density at radius 1 is 1.29 bits per heavy atom. The Labute approximate surface area is 170 Å². The van der Waals surface area contributed by atoms with Crippen molar-refractivity contribution in [2.45, 2.75) is 32.3 Å². The number of amides is 1. The van der Waals surface area contributed by atoms with E-state index >= 15 is 0 Å². The minimum atomic E-state index is -1.47. The maximum Gasteiger partial charge on any atom is 0.308 e. The van der Waals surface area contributed by atoms with Crippen molar-refractivity contribution in [3.05, 3.63) is 53.7 Å². The van der Waals surface area contributed by atoms with E-state index in [1.807, 2.05) is 24.3 Å². The predicted molar refractivity (Wildman–Crippen MR) is 105 cm³/mol. The molecule has 0 saturated heterocycles. The molecule has 1 N–H and O–H groups in total. The van der Waals surface area contributed by atoms with Crippen LogP contribution < -0.4 is 5.32 Å². The molecule has 8 heteroatoms. The van der Waals surface area contributed by atoms with Crippen LogP contribution in [0.1, 0.15) is 32.3 Å². The van der Waals surface area contributed by atoms with Gasteiger partial charge in [-0.25, -0.2) is 0 Å². The molecule has 0 saturated carbocycles. The Morgan fingerprint density at radius 2 is 2.04 bits per heavy atom. The molecule has 146 valence electrons. The van der Waals surface area contributed by atoms with Crippen LogP contribution >= 0.6 is 15.9 Å². The van der Waals surface area contributed by atoms with Crippen molar-refractivity contribution in [2.24, 2.45) is 0 Å². The van der Waals surface area contributed by atoms with Gasteiger partial charge in [-0.1, -0.05) is 34.1 Å². The van der Waals surface area contributed by atoms with Crippen molar-refractivity contribution in [1.82, 2.24) is 10.3 Å². The Bertz CT molecular complexity index is 982. The summed E-state index contributed by atoms with van der Waals surface area (Å²) < 4.78 is 11.0. The minimum Gasteiger partial charge on any atom is -0.456 e. The van der Waals surface area contributed by atoms with Crippen molar-refractivity contribution < 1.29 is 23.9 Å². The molecule has 0 radical (unpaired) electrons. The van der Waals surface area contributed by atoms with Crippen LogP contribution in [0.2, 0.25) is 0 Å². The van der Waals surface area contributed by atoms with E-state index in [1.165, 1.54) is 6.92 Å². The van der Waals surface area contributed by atoms with Crippen molar-refractivity contribution in [1.29, 1.82) is 0 Å². The fourth-order valence-electron chi connectivity index (χ4n) is 3.04. The molecule has 0 fully saturated rings. The number of alkyl halides is 1. The number of hydrogen-bond donors (Lipinski definition) is 1. The van der Waals surface area contributed by atoms with Gasteiger partial charge in [0.1, 0.15) is 0 Å².